The van der Waals surface area contributed by atoms with Crippen molar-refractivity contribution < 1.29 is 9.13 Å². The molecule has 0 spiro atoms. The van der Waals surface area contributed by atoms with Crippen LogP contribution in [0.4, 0.5) is 4.39 Å². The van der Waals surface area contributed by atoms with E-state index < -0.39 is 0 Å². The maximum atomic E-state index is 12.7. The molecule has 0 bridgehead atoms. The van der Waals surface area contributed by atoms with Gasteiger partial charge < -0.3 is 10.5 Å². The van der Waals surface area contributed by atoms with E-state index in [1.807, 2.05) is 24.3 Å². The van der Waals surface area contributed by atoms with Gasteiger partial charge in [-0.3, -0.25) is 0 Å². The molecule has 0 aliphatic rings. The van der Waals surface area contributed by atoms with Crippen molar-refractivity contribution in [3.8, 4) is 5.75 Å². The molecule has 0 fully saturated rings. The maximum absolute atomic E-state index is 12.7. The van der Waals surface area contributed by atoms with Crippen LogP contribution in [0.25, 0.3) is 0 Å². The zero-order valence-corrected chi connectivity index (χ0v) is 11.3. The van der Waals surface area contributed by atoms with Crippen LogP contribution >= 0.6 is 11.8 Å². The topological polar surface area (TPSA) is 35.2 Å². The van der Waals surface area contributed by atoms with Gasteiger partial charge in [0.25, 0.3) is 0 Å². The lowest BCUT2D eigenvalue weighted by Gasteiger charge is -2.07. The second-order valence-corrected chi connectivity index (χ2v) is 5.17. The van der Waals surface area contributed by atoms with Crippen molar-refractivity contribution in [2.24, 2.45) is 5.73 Å². The van der Waals surface area contributed by atoms with Gasteiger partial charge in [0, 0.05) is 17.2 Å². The van der Waals surface area contributed by atoms with Gasteiger partial charge in [-0.25, -0.2) is 4.39 Å². The summed E-state index contributed by atoms with van der Waals surface area (Å²) in [5, 5.41) is 0. The molecule has 0 saturated carbocycles. The molecule has 0 atom stereocenters. The third-order valence-electron chi connectivity index (χ3n) is 2.57. The molecule has 0 aliphatic carbocycles. The average Bonchev–Trinajstić information content (AvgIpc) is 2.46. The highest BCUT2D eigenvalue weighted by atomic mass is 32.2. The number of ether oxygens (including phenoxy) is 1. The van der Waals surface area contributed by atoms with Crippen molar-refractivity contribution in [3.05, 3.63) is 59.9 Å². The van der Waals surface area contributed by atoms with E-state index in [-0.39, 0.29) is 5.82 Å². The van der Waals surface area contributed by atoms with Crippen molar-refractivity contribution in [1.29, 1.82) is 0 Å². The van der Waals surface area contributed by atoms with Crippen LogP contribution in [-0.2, 0) is 6.54 Å². The number of rotatable bonds is 6. The molecule has 0 saturated heterocycles. The molecule has 2 aromatic carbocycles. The number of thioether (sulfide) groups is 1. The van der Waals surface area contributed by atoms with Crippen LogP contribution in [0, 0.1) is 5.82 Å². The Kier molecular flexibility index (Phi) is 5.24. The van der Waals surface area contributed by atoms with Crippen molar-refractivity contribution >= 4 is 11.8 Å². The van der Waals surface area contributed by atoms with Gasteiger partial charge >= 0.3 is 0 Å². The molecule has 19 heavy (non-hydrogen) atoms. The second kappa shape index (κ2) is 7.16. The highest BCUT2D eigenvalue weighted by Crippen LogP contribution is 2.19. The third-order valence-corrected chi connectivity index (χ3v) is 3.54. The first kappa shape index (κ1) is 13.9. The number of hydrogen-bond acceptors (Lipinski definition) is 3. The van der Waals surface area contributed by atoms with Crippen LogP contribution in [-0.4, -0.2) is 12.4 Å². The maximum Gasteiger partial charge on any atom is 0.123 e. The summed E-state index contributed by atoms with van der Waals surface area (Å²) in [6, 6.07) is 14.3. The van der Waals surface area contributed by atoms with Gasteiger partial charge in [0.05, 0.1) is 6.61 Å². The molecule has 0 aromatic heterocycles. The Balaban J connectivity index is 1.75. The van der Waals surface area contributed by atoms with E-state index in [4.69, 9.17) is 10.5 Å². The van der Waals surface area contributed by atoms with Crippen LogP contribution in [0.2, 0.25) is 0 Å². The highest BCUT2D eigenvalue weighted by Gasteiger charge is 1.98. The molecule has 100 valence electrons. The summed E-state index contributed by atoms with van der Waals surface area (Å²) in [5.74, 6) is 1.44. The first-order valence-electron chi connectivity index (χ1n) is 6.08. The van der Waals surface area contributed by atoms with Crippen LogP contribution in [0.5, 0.6) is 5.75 Å². The number of benzene rings is 2. The summed E-state index contributed by atoms with van der Waals surface area (Å²) in [4.78, 5) is 1.04. The molecule has 2 rings (SSSR count). The number of hydrogen-bond donors (Lipinski definition) is 1. The fourth-order valence-corrected chi connectivity index (χ4v) is 2.34. The monoisotopic (exact) mass is 277 g/mol. The number of nitrogens with two attached hydrogens (primary N) is 1. The van der Waals surface area contributed by atoms with Gasteiger partial charge in [-0.05, 0) is 42.0 Å². The lowest BCUT2D eigenvalue weighted by molar-refractivity contribution is 0.343. The third kappa shape index (κ3) is 4.58. The molecule has 0 amide bonds. The van der Waals surface area contributed by atoms with Crippen LogP contribution < -0.4 is 10.5 Å². The zero-order valence-electron chi connectivity index (χ0n) is 10.5. The van der Waals surface area contributed by atoms with Crippen LogP contribution in [0.1, 0.15) is 5.56 Å². The van der Waals surface area contributed by atoms with Crippen molar-refractivity contribution in [1.82, 2.24) is 0 Å². The van der Waals surface area contributed by atoms with Gasteiger partial charge in [0.1, 0.15) is 11.6 Å². The largest absolute Gasteiger partial charge is 0.493 e. The second-order valence-electron chi connectivity index (χ2n) is 4.00. The summed E-state index contributed by atoms with van der Waals surface area (Å²) in [5.41, 5.74) is 6.63. The summed E-state index contributed by atoms with van der Waals surface area (Å²) in [6.45, 7) is 1.12. The number of halogens is 1. The summed E-state index contributed by atoms with van der Waals surface area (Å²) >= 11 is 1.64. The van der Waals surface area contributed by atoms with Crippen molar-refractivity contribution in [2.45, 2.75) is 11.4 Å². The molecular weight excluding hydrogens is 261 g/mol. The fraction of sp³-hybridized carbons (Fsp3) is 0.200. The summed E-state index contributed by atoms with van der Waals surface area (Å²) < 4.78 is 18.4. The normalized spacial score (nSPS) is 10.4. The Morgan fingerprint density at radius 3 is 2.63 bits per heavy atom. The molecule has 2 aromatic rings. The van der Waals surface area contributed by atoms with Gasteiger partial charge in [-0.1, -0.05) is 12.1 Å². The zero-order chi connectivity index (χ0) is 13.5. The lowest BCUT2D eigenvalue weighted by atomic mass is 10.2. The Hall–Kier alpha value is -1.52. The Labute approximate surface area is 116 Å². The molecule has 0 radical (unpaired) electrons. The quantitative estimate of drug-likeness (QED) is 0.649. The lowest BCUT2D eigenvalue weighted by Crippen LogP contribution is -2.01. The van der Waals surface area contributed by atoms with E-state index >= 15 is 0 Å². The Morgan fingerprint density at radius 1 is 1.11 bits per heavy atom. The van der Waals surface area contributed by atoms with Gasteiger partial charge in [-0.2, -0.15) is 0 Å². The smallest absolute Gasteiger partial charge is 0.123 e. The average molecular weight is 277 g/mol. The van der Waals surface area contributed by atoms with Gasteiger partial charge in [-0.15, -0.1) is 11.8 Å². The predicted octanol–water partition coefficient (Wildman–Crippen LogP) is 3.46. The minimum absolute atomic E-state index is 0.209. The predicted molar refractivity (Wildman–Crippen MR) is 77.0 cm³/mol. The molecule has 0 aliphatic heterocycles. The molecule has 2 nitrogen and oxygen atoms in total. The minimum Gasteiger partial charge on any atom is -0.493 e. The van der Waals surface area contributed by atoms with Gasteiger partial charge in [0.2, 0.25) is 0 Å². The van der Waals surface area contributed by atoms with E-state index in [1.165, 1.54) is 12.1 Å². The van der Waals surface area contributed by atoms with Crippen molar-refractivity contribution in [2.75, 3.05) is 12.4 Å². The van der Waals surface area contributed by atoms with Gasteiger partial charge in [0.15, 0.2) is 0 Å². The highest BCUT2D eigenvalue weighted by molar-refractivity contribution is 7.99. The van der Waals surface area contributed by atoms with Crippen LogP contribution in [0.15, 0.2) is 53.4 Å². The Morgan fingerprint density at radius 2 is 1.89 bits per heavy atom. The minimum atomic E-state index is -0.209. The molecular formula is C15H16FNOS. The first-order chi connectivity index (χ1) is 9.28. The molecule has 4 heteroatoms. The van der Waals surface area contributed by atoms with E-state index in [9.17, 15) is 4.39 Å². The van der Waals surface area contributed by atoms with E-state index in [0.29, 0.717) is 13.2 Å². The van der Waals surface area contributed by atoms with E-state index in [0.717, 1.165) is 22.0 Å². The SMILES string of the molecule is NCc1cccc(OCCSc2ccc(F)cc2)c1. The van der Waals surface area contributed by atoms with E-state index in [2.05, 4.69) is 0 Å². The first-order valence-corrected chi connectivity index (χ1v) is 7.06. The molecule has 0 heterocycles. The molecule has 2 N–H and O–H groups in total. The fourth-order valence-electron chi connectivity index (χ4n) is 1.61. The Bertz CT molecular complexity index is 516. The van der Waals surface area contributed by atoms with Crippen LogP contribution in [0.3, 0.4) is 0 Å². The summed E-state index contributed by atoms with van der Waals surface area (Å²) in [6.07, 6.45) is 0. The van der Waals surface area contributed by atoms with Crippen molar-refractivity contribution in [3.63, 3.8) is 0 Å². The molecule has 0 unspecified atom stereocenters. The standard InChI is InChI=1S/C15H16FNOS/c16-13-4-6-15(7-5-13)19-9-8-18-14-3-1-2-12(10-14)11-17/h1-7,10H,8-9,11,17H2. The summed E-state index contributed by atoms with van der Waals surface area (Å²) in [7, 11) is 0. The van der Waals surface area contributed by atoms with E-state index in [1.54, 1.807) is 23.9 Å².